The number of rotatable bonds is 30. The van der Waals surface area contributed by atoms with E-state index in [1.807, 2.05) is 0 Å². The summed E-state index contributed by atoms with van der Waals surface area (Å²) in [6.07, 6.45) is 36.6. The van der Waals surface area contributed by atoms with E-state index in [-0.39, 0.29) is 10.8 Å². The highest BCUT2D eigenvalue weighted by molar-refractivity contribution is 5.86. The van der Waals surface area contributed by atoms with Crippen molar-refractivity contribution in [3.63, 3.8) is 0 Å². The SMILES string of the molecule is CCCCCCCCC1(CCCCCCCC)c2cc(C#Cc3ccc4c(c3)C(CCCCCCCC)(CCCCCCCC)c3cc(-c5ccccc5)ccc3-4)ccc2-c2ccc(-c3ccccc3)cc21. The predicted molar refractivity (Wildman–Crippen MR) is 314 cm³/mol. The largest absolute Gasteiger partial charge is 0.0654 e. The molecular formula is C72H90. The highest BCUT2D eigenvalue weighted by Crippen LogP contribution is 2.57. The van der Waals surface area contributed by atoms with Crippen LogP contribution in [-0.2, 0) is 10.8 Å². The molecule has 0 radical (unpaired) electrons. The summed E-state index contributed by atoms with van der Waals surface area (Å²) in [5, 5.41) is 0. The first kappa shape index (κ1) is 53.2. The number of hydrogen-bond donors (Lipinski definition) is 0. The van der Waals surface area contributed by atoms with Crippen molar-refractivity contribution in [2.75, 3.05) is 0 Å². The van der Waals surface area contributed by atoms with Crippen LogP contribution in [0.25, 0.3) is 44.5 Å². The summed E-state index contributed by atoms with van der Waals surface area (Å²) < 4.78 is 0. The molecule has 6 aromatic rings. The molecule has 8 rings (SSSR count). The Labute approximate surface area is 439 Å². The zero-order valence-electron chi connectivity index (χ0n) is 45.5. The molecule has 0 atom stereocenters. The van der Waals surface area contributed by atoms with Crippen LogP contribution in [0.4, 0.5) is 0 Å². The van der Waals surface area contributed by atoms with Crippen molar-refractivity contribution in [1.82, 2.24) is 0 Å². The molecule has 378 valence electrons. The summed E-state index contributed by atoms with van der Waals surface area (Å²) in [5.74, 6) is 7.67. The summed E-state index contributed by atoms with van der Waals surface area (Å²) >= 11 is 0. The molecule has 0 heterocycles. The summed E-state index contributed by atoms with van der Waals surface area (Å²) in [7, 11) is 0. The monoisotopic (exact) mass is 955 g/mol. The highest BCUT2D eigenvalue weighted by Gasteiger charge is 2.44. The molecule has 0 saturated heterocycles. The van der Waals surface area contributed by atoms with E-state index in [0.29, 0.717) is 0 Å². The van der Waals surface area contributed by atoms with Gasteiger partial charge in [-0.05, 0) is 129 Å². The first-order valence-electron chi connectivity index (χ1n) is 29.8. The van der Waals surface area contributed by atoms with Gasteiger partial charge in [-0.3, -0.25) is 0 Å². The highest BCUT2D eigenvalue weighted by atomic mass is 14.5. The molecular weight excluding hydrogens is 865 g/mol. The fourth-order valence-corrected chi connectivity index (χ4v) is 13.1. The van der Waals surface area contributed by atoms with Crippen LogP contribution < -0.4 is 0 Å². The molecule has 0 nitrogen and oxygen atoms in total. The molecule has 0 fully saturated rings. The third-order valence-electron chi connectivity index (χ3n) is 17.1. The van der Waals surface area contributed by atoms with Crippen molar-refractivity contribution in [1.29, 1.82) is 0 Å². The minimum absolute atomic E-state index is 0.00666. The minimum Gasteiger partial charge on any atom is -0.0654 e. The first-order chi connectivity index (χ1) is 35.5. The Balaban J connectivity index is 1.17. The van der Waals surface area contributed by atoms with Crippen LogP contribution in [0, 0.1) is 11.8 Å². The lowest BCUT2D eigenvalue weighted by molar-refractivity contribution is 0.398. The molecule has 0 aromatic heterocycles. The maximum atomic E-state index is 3.84. The van der Waals surface area contributed by atoms with Crippen LogP contribution in [0.3, 0.4) is 0 Å². The first-order valence-corrected chi connectivity index (χ1v) is 29.8. The van der Waals surface area contributed by atoms with Gasteiger partial charge in [0, 0.05) is 22.0 Å². The molecule has 0 amide bonds. The van der Waals surface area contributed by atoms with Gasteiger partial charge in [0.15, 0.2) is 0 Å². The van der Waals surface area contributed by atoms with Crippen LogP contribution in [-0.4, -0.2) is 0 Å². The number of unbranched alkanes of at least 4 members (excludes halogenated alkanes) is 20. The Morgan fingerprint density at radius 1 is 0.264 bits per heavy atom. The fraction of sp³-hybridized carbons (Fsp3) is 0.472. The summed E-state index contributed by atoms with van der Waals surface area (Å²) in [6.45, 7) is 9.33. The summed E-state index contributed by atoms with van der Waals surface area (Å²) in [6, 6.07) is 51.7. The Morgan fingerprint density at radius 2 is 0.542 bits per heavy atom. The van der Waals surface area contributed by atoms with Crippen LogP contribution >= 0.6 is 0 Å². The van der Waals surface area contributed by atoms with E-state index in [1.54, 1.807) is 11.1 Å². The van der Waals surface area contributed by atoms with Gasteiger partial charge in [-0.2, -0.15) is 0 Å². The van der Waals surface area contributed by atoms with Gasteiger partial charge in [-0.15, -0.1) is 0 Å². The average molecular weight is 956 g/mol. The van der Waals surface area contributed by atoms with Gasteiger partial charge in [0.25, 0.3) is 0 Å². The van der Waals surface area contributed by atoms with E-state index < -0.39 is 0 Å². The lowest BCUT2D eigenvalue weighted by Crippen LogP contribution is -2.26. The lowest BCUT2D eigenvalue weighted by Gasteiger charge is -2.33. The molecule has 2 aliphatic rings. The van der Waals surface area contributed by atoms with E-state index in [4.69, 9.17) is 0 Å². The maximum absolute atomic E-state index is 3.84. The van der Waals surface area contributed by atoms with Crippen LogP contribution in [0.15, 0.2) is 133 Å². The van der Waals surface area contributed by atoms with E-state index >= 15 is 0 Å². The molecule has 0 spiro atoms. The zero-order chi connectivity index (χ0) is 49.9. The van der Waals surface area contributed by atoms with Crippen LogP contribution in [0.5, 0.6) is 0 Å². The molecule has 2 aliphatic carbocycles. The lowest BCUT2D eigenvalue weighted by atomic mass is 9.70. The van der Waals surface area contributed by atoms with Crippen LogP contribution in [0.1, 0.15) is 241 Å². The van der Waals surface area contributed by atoms with Gasteiger partial charge in [0.1, 0.15) is 0 Å². The Bertz CT molecular complexity index is 2430. The minimum atomic E-state index is -0.00666. The summed E-state index contributed by atoms with van der Waals surface area (Å²) in [4.78, 5) is 0. The van der Waals surface area contributed by atoms with Crippen molar-refractivity contribution in [3.8, 4) is 56.3 Å². The molecule has 6 aromatic carbocycles. The number of hydrogen-bond acceptors (Lipinski definition) is 0. The maximum Gasteiger partial charge on any atom is 0.0252 e. The van der Waals surface area contributed by atoms with Gasteiger partial charge in [-0.25, -0.2) is 0 Å². The van der Waals surface area contributed by atoms with Crippen molar-refractivity contribution in [3.05, 3.63) is 167 Å². The second-order valence-electron chi connectivity index (χ2n) is 22.3. The molecule has 0 bridgehead atoms. The smallest absolute Gasteiger partial charge is 0.0252 e. The van der Waals surface area contributed by atoms with Crippen molar-refractivity contribution >= 4 is 0 Å². The molecule has 0 unspecified atom stereocenters. The van der Waals surface area contributed by atoms with E-state index in [9.17, 15) is 0 Å². The fourth-order valence-electron chi connectivity index (χ4n) is 13.1. The third kappa shape index (κ3) is 12.8. The normalized spacial score (nSPS) is 13.6. The quantitative estimate of drug-likeness (QED) is 0.0312. The van der Waals surface area contributed by atoms with Crippen molar-refractivity contribution in [2.24, 2.45) is 0 Å². The molecule has 0 N–H and O–H groups in total. The van der Waals surface area contributed by atoms with Crippen molar-refractivity contribution < 1.29 is 0 Å². The van der Waals surface area contributed by atoms with Crippen LogP contribution in [0.2, 0.25) is 0 Å². The standard InChI is InChI=1S/C72H90/c1-5-9-13-17-21-31-49-71(50-32-22-18-14-10-6-2)67-53-57(41-45-63(67)65-47-43-61(55-69(65)71)59-35-27-25-28-36-59)39-40-58-42-46-64-66-48-44-62(60-37-29-26-30-38-60)56-70(66)72(68(64)54-58,51-33-23-19-15-11-7-3)52-34-24-20-16-12-8-4/h25-30,35-38,41-48,53-56H,5-24,31-34,49-52H2,1-4H3. The van der Waals surface area contributed by atoms with E-state index in [2.05, 4.69) is 173 Å². The van der Waals surface area contributed by atoms with E-state index in [1.165, 1.54) is 235 Å². The second-order valence-corrected chi connectivity index (χ2v) is 22.3. The Hall–Kier alpha value is -5.12. The van der Waals surface area contributed by atoms with Gasteiger partial charge < -0.3 is 0 Å². The number of benzene rings is 6. The van der Waals surface area contributed by atoms with E-state index in [0.717, 1.165) is 11.1 Å². The topological polar surface area (TPSA) is 0 Å². The van der Waals surface area contributed by atoms with Gasteiger partial charge in [-0.1, -0.05) is 291 Å². The van der Waals surface area contributed by atoms with Gasteiger partial charge in [0.2, 0.25) is 0 Å². The van der Waals surface area contributed by atoms with Crippen molar-refractivity contribution in [2.45, 2.75) is 218 Å². The number of fused-ring (bicyclic) bond motifs is 6. The zero-order valence-corrected chi connectivity index (χ0v) is 45.5. The molecule has 0 heteroatoms. The second kappa shape index (κ2) is 27.2. The molecule has 0 saturated carbocycles. The average Bonchev–Trinajstić information content (AvgIpc) is 3.84. The molecule has 72 heavy (non-hydrogen) atoms. The van der Waals surface area contributed by atoms with Gasteiger partial charge in [0.05, 0.1) is 0 Å². The molecule has 0 aliphatic heterocycles. The predicted octanol–water partition coefficient (Wildman–Crippen LogP) is 22.0. The summed E-state index contributed by atoms with van der Waals surface area (Å²) in [5.41, 5.74) is 19.6. The Morgan fingerprint density at radius 3 is 0.861 bits per heavy atom. The Kier molecular flexibility index (Phi) is 20.1. The third-order valence-corrected chi connectivity index (χ3v) is 17.1. The van der Waals surface area contributed by atoms with Gasteiger partial charge >= 0.3 is 0 Å².